The molecule has 2 saturated heterocycles. The van der Waals surface area contributed by atoms with Gasteiger partial charge in [0.2, 0.25) is 0 Å². The summed E-state index contributed by atoms with van der Waals surface area (Å²) in [7, 11) is 0. The minimum Gasteiger partial charge on any atom is -0.395 e. The zero-order chi connectivity index (χ0) is 21.8. The third-order valence-corrected chi connectivity index (χ3v) is 5.43. The Hall–Kier alpha value is -2.29. The number of aliphatic hydroxyl groups is 1. The van der Waals surface area contributed by atoms with Gasteiger partial charge in [-0.05, 0) is 26.7 Å². The van der Waals surface area contributed by atoms with Crippen LogP contribution in [0.5, 0.6) is 0 Å². The highest BCUT2D eigenvalue weighted by Gasteiger charge is 2.55. The van der Waals surface area contributed by atoms with Crippen LogP contribution in [0.15, 0.2) is 12.7 Å². The van der Waals surface area contributed by atoms with Crippen LogP contribution in [0.1, 0.15) is 39.3 Å². The number of anilines is 1. The van der Waals surface area contributed by atoms with Crippen LogP contribution in [-0.2, 0) is 14.2 Å². The second-order valence-electron chi connectivity index (χ2n) is 8.19. The summed E-state index contributed by atoms with van der Waals surface area (Å²) in [6, 6.07) is 0. The van der Waals surface area contributed by atoms with Crippen LogP contribution in [0.2, 0.25) is 0 Å². The molecule has 0 unspecified atom stereocenters. The van der Waals surface area contributed by atoms with E-state index in [0.717, 1.165) is 25.8 Å². The van der Waals surface area contributed by atoms with Gasteiger partial charge in [-0.15, -0.1) is 12.3 Å². The number of hydrogen-bond donors (Lipinski definition) is 3. The van der Waals surface area contributed by atoms with Crippen molar-refractivity contribution in [2.45, 2.75) is 63.4 Å². The molecule has 2 aliphatic rings. The molecule has 0 amide bonds. The van der Waals surface area contributed by atoms with Crippen LogP contribution in [0.3, 0.4) is 0 Å². The van der Waals surface area contributed by atoms with Crippen molar-refractivity contribution in [3.05, 3.63) is 12.7 Å². The van der Waals surface area contributed by atoms with Crippen LogP contribution in [0, 0.1) is 12.3 Å². The molecule has 2 aliphatic heterocycles. The lowest BCUT2D eigenvalue weighted by Gasteiger charge is -2.25. The molecule has 168 valence electrons. The topological polar surface area (TPSA) is 116 Å². The van der Waals surface area contributed by atoms with Crippen molar-refractivity contribution in [2.24, 2.45) is 0 Å². The average molecular weight is 431 g/mol. The summed E-state index contributed by atoms with van der Waals surface area (Å²) in [6.45, 7) is 5.66. The Morgan fingerprint density at radius 1 is 1.19 bits per heavy atom. The average Bonchev–Trinajstić information content (AvgIpc) is 3.40. The second-order valence-corrected chi connectivity index (χ2v) is 8.19. The molecule has 4 atom stereocenters. The summed E-state index contributed by atoms with van der Waals surface area (Å²) >= 11 is 0. The van der Waals surface area contributed by atoms with E-state index in [1.807, 2.05) is 18.4 Å². The molecule has 0 bridgehead atoms. The van der Waals surface area contributed by atoms with Crippen LogP contribution in [0.4, 0.5) is 5.82 Å². The highest BCUT2D eigenvalue weighted by atomic mass is 16.8. The van der Waals surface area contributed by atoms with Gasteiger partial charge in [-0.3, -0.25) is 4.57 Å². The Labute approximate surface area is 181 Å². The molecule has 10 heteroatoms. The van der Waals surface area contributed by atoms with Crippen molar-refractivity contribution in [1.82, 2.24) is 24.8 Å². The van der Waals surface area contributed by atoms with Crippen molar-refractivity contribution < 1.29 is 19.3 Å². The van der Waals surface area contributed by atoms with E-state index in [1.54, 1.807) is 6.33 Å². The van der Waals surface area contributed by atoms with Crippen molar-refractivity contribution in [2.75, 3.05) is 31.6 Å². The Balaban J connectivity index is 1.53. The zero-order valence-electron chi connectivity index (χ0n) is 18.0. The maximum Gasteiger partial charge on any atom is 0.167 e. The standard InChI is InChI=1S/C21H30N6O4/c1-4-5-6-7-8-23-18-15-19(25-12-24-18)27(13-26-15)20-17-16(30-21(2,3)31-17)14(29-20)11-22-9-10-28/h1,12-14,16-17,20,22,28H,5-11H2,2-3H3,(H,23,24,25)/t14-,16-,17-,20-/m1/s1. The van der Waals surface area contributed by atoms with Gasteiger partial charge in [-0.25, -0.2) is 15.0 Å². The fourth-order valence-corrected chi connectivity index (χ4v) is 4.10. The van der Waals surface area contributed by atoms with Gasteiger partial charge in [-0.1, -0.05) is 0 Å². The fourth-order valence-electron chi connectivity index (χ4n) is 4.10. The molecule has 0 radical (unpaired) electrons. The smallest absolute Gasteiger partial charge is 0.167 e. The molecule has 2 aromatic heterocycles. The number of imidazole rings is 1. The number of nitrogens with zero attached hydrogens (tertiary/aromatic N) is 4. The summed E-state index contributed by atoms with van der Waals surface area (Å²) < 4.78 is 20.5. The number of aromatic nitrogens is 4. The van der Waals surface area contributed by atoms with Gasteiger partial charge in [0, 0.05) is 26.1 Å². The van der Waals surface area contributed by atoms with E-state index in [1.165, 1.54) is 6.33 Å². The van der Waals surface area contributed by atoms with E-state index in [9.17, 15) is 0 Å². The molecular weight excluding hydrogens is 400 g/mol. The van der Waals surface area contributed by atoms with Gasteiger partial charge in [0.1, 0.15) is 24.6 Å². The second kappa shape index (κ2) is 9.46. The first-order valence-electron chi connectivity index (χ1n) is 10.7. The molecule has 2 aromatic rings. The van der Waals surface area contributed by atoms with Crippen molar-refractivity contribution >= 4 is 17.0 Å². The van der Waals surface area contributed by atoms with Gasteiger partial charge in [0.15, 0.2) is 29.0 Å². The molecule has 3 N–H and O–H groups in total. The zero-order valence-corrected chi connectivity index (χ0v) is 18.0. The molecule has 0 spiro atoms. The van der Waals surface area contributed by atoms with Crippen LogP contribution >= 0.6 is 0 Å². The lowest BCUT2D eigenvalue weighted by molar-refractivity contribution is -0.195. The molecular formula is C21H30N6O4. The first kappa shape index (κ1) is 21.9. The Morgan fingerprint density at radius 2 is 2.03 bits per heavy atom. The Bertz CT molecular complexity index is 926. The first-order chi connectivity index (χ1) is 15.0. The van der Waals surface area contributed by atoms with E-state index < -0.39 is 12.0 Å². The summed E-state index contributed by atoms with van der Waals surface area (Å²) in [6.07, 6.45) is 10.0. The van der Waals surface area contributed by atoms with Crippen molar-refractivity contribution in [3.63, 3.8) is 0 Å². The van der Waals surface area contributed by atoms with E-state index in [-0.39, 0.29) is 24.9 Å². The van der Waals surface area contributed by atoms with E-state index >= 15 is 0 Å². The lowest BCUT2D eigenvalue weighted by atomic mass is 10.1. The Morgan fingerprint density at radius 3 is 2.84 bits per heavy atom. The predicted octanol–water partition coefficient (Wildman–Crippen LogP) is 1.04. The van der Waals surface area contributed by atoms with Crippen LogP contribution in [-0.4, -0.2) is 75.0 Å². The molecule has 31 heavy (non-hydrogen) atoms. The molecule has 4 rings (SSSR count). The van der Waals surface area contributed by atoms with Crippen molar-refractivity contribution in [3.8, 4) is 12.3 Å². The molecule has 0 aromatic carbocycles. The molecule has 0 saturated carbocycles. The quantitative estimate of drug-likeness (QED) is 0.376. The molecule has 4 heterocycles. The largest absolute Gasteiger partial charge is 0.395 e. The number of ether oxygens (including phenoxy) is 3. The first-order valence-corrected chi connectivity index (χ1v) is 10.7. The summed E-state index contributed by atoms with van der Waals surface area (Å²) in [5.41, 5.74) is 1.35. The number of terminal acetylenes is 1. The minimum absolute atomic E-state index is 0.0642. The fraction of sp³-hybridized carbons (Fsp3) is 0.667. The number of nitrogens with one attached hydrogen (secondary N) is 2. The van der Waals surface area contributed by atoms with Crippen LogP contribution < -0.4 is 10.6 Å². The van der Waals surface area contributed by atoms with E-state index in [4.69, 9.17) is 25.7 Å². The number of rotatable bonds is 10. The van der Waals surface area contributed by atoms with E-state index in [0.29, 0.717) is 30.1 Å². The molecule has 2 fully saturated rings. The number of unbranched alkanes of at least 4 members (excludes halogenated alkanes) is 2. The minimum atomic E-state index is -0.705. The third-order valence-electron chi connectivity index (χ3n) is 5.43. The summed E-state index contributed by atoms with van der Waals surface area (Å²) in [4.78, 5) is 13.4. The maximum absolute atomic E-state index is 9.06. The highest BCUT2D eigenvalue weighted by Crippen LogP contribution is 2.43. The van der Waals surface area contributed by atoms with Gasteiger partial charge in [0.05, 0.1) is 12.9 Å². The van der Waals surface area contributed by atoms with Crippen molar-refractivity contribution in [1.29, 1.82) is 0 Å². The lowest BCUT2D eigenvalue weighted by Crippen LogP contribution is -2.38. The van der Waals surface area contributed by atoms with Gasteiger partial charge >= 0.3 is 0 Å². The number of hydrogen-bond acceptors (Lipinski definition) is 9. The van der Waals surface area contributed by atoms with Crippen LogP contribution in [0.25, 0.3) is 11.2 Å². The maximum atomic E-state index is 9.06. The third kappa shape index (κ3) is 4.66. The Kier molecular flexibility index (Phi) is 6.69. The van der Waals surface area contributed by atoms with Gasteiger partial charge in [-0.2, -0.15) is 0 Å². The highest BCUT2D eigenvalue weighted by molar-refractivity contribution is 5.82. The SMILES string of the molecule is C#CCCCCNc1ncnc2c1ncn2[C@@H]1O[C@H](CNCCO)[C@H]2OC(C)(C)O[C@H]21. The monoisotopic (exact) mass is 430 g/mol. The summed E-state index contributed by atoms with van der Waals surface area (Å²) in [5, 5.41) is 15.6. The van der Waals surface area contributed by atoms with Gasteiger partial charge < -0.3 is 30.0 Å². The molecule has 0 aliphatic carbocycles. The van der Waals surface area contributed by atoms with Gasteiger partial charge in [0.25, 0.3) is 0 Å². The summed E-state index contributed by atoms with van der Waals surface area (Å²) in [5.74, 6) is 2.63. The van der Waals surface area contributed by atoms with E-state index in [2.05, 4.69) is 31.5 Å². The number of aliphatic hydroxyl groups excluding tert-OH is 1. The predicted molar refractivity (Wildman–Crippen MR) is 114 cm³/mol. The normalized spacial score (nSPS) is 26.8. The number of fused-ring (bicyclic) bond motifs is 2. The molecule has 10 nitrogen and oxygen atoms in total.